The Bertz CT molecular complexity index is 242. The predicted molar refractivity (Wildman–Crippen MR) is 63.1 cm³/mol. The molecule has 0 bridgehead atoms. The molecule has 1 aliphatic heterocycles. The smallest absolute Gasteiger partial charge is 0.220 e. The largest absolute Gasteiger partial charge is 0.380 e. The minimum absolute atomic E-state index is 0.197. The highest BCUT2D eigenvalue weighted by Crippen LogP contribution is 2.28. The van der Waals surface area contributed by atoms with Crippen LogP contribution in [0.25, 0.3) is 0 Å². The normalized spacial score (nSPS) is 24.1. The zero-order valence-electron chi connectivity index (χ0n) is 10.3. The summed E-state index contributed by atoms with van der Waals surface area (Å²) in [6, 6.07) is 0. The van der Waals surface area contributed by atoms with E-state index in [1.54, 1.807) is 0 Å². The molecule has 0 radical (unpaired) electrons. The fourth-order valence-corrected chi connectivity index (χ4v) is 2.59. The molecule has 0 aromatic heterocycles. The highest BCUT2D eigenvalue weighted by molar-refractivity contribution is 5.75. The molecule has 1 aliphatic carbocycles. The number of rotatable bonds is 5. The molecule has 1 amide bonds. The van der Waals surface area contributed by atoms with E-state index in [9.17, 15) is 4.79 Å². The topological polar surface area (TPSA) is 38.3 Å². The number of carbonyl (C=O) groups is 1. The van der Waals surface area contributed by atoms with Crippen LogP contribution in [0, 0.1) is 11.3 Å². The van der Waals surface area contributed by atoms with Crippen molar-refractivity contribution in [1.82, 2.24) is 5.32 Å². The van der Waals surface area contributed by atoms with Crippen molar-refractivity contribution in [2.75, 3.05) is 19.8 Å². The van der Waals surface area contributed by atoms with Crippen LogP contribution >= 0.6 is 0 Å². The molecule has 2 rings (SSSR count). The molecular formula is C13H23NO2. The molecule has 3 nitrogen and oxygen atoms in total. The summed E-state index contributed by atoms with van der Waals surface area (Å²) in [4.78, 5) is 11.6. The summed E-state index contributed by atoms with van der Waals surface area (Å²) in [6.45, 7) is 4.51. The van der Waals surface area contributed by atoms with E-state index in [-0.39, 0.29) is 11.3 Å². The van der Waals surface area contributed by atoms with Crippen LogP contribution in [0.15, 0.2) is 0 Å². The lowest BCUT2D eigenvalue weighted by Crippen LogP contribution is -2.48. The number of carbonyl (C=O) groups excluding carboxylic acids is 1. The molecule has 2 aliphatic rings. The van der Waals surface area contributed by atoms with Gasteiger partial charge in [0.1, 0.15) is 0 Å². The molecule has 0 aromatic rings. The number of nitrogens with one attached hydrogen (secondary N) is 1. The van der Waals surface area contributed by atoms with Crippen LogP contribution in [0.5, 0.6) is 0 Å². The molecule has 1 saturated heterocycles. The van der Waals surface area contributed by atoms with Crippen LogP contribution in [-0.2, 0) is 9.53 Å². The first-order valence-corrected chi connectivity index (χ1v) is 6.52. The summed E-state index contributed by atoms with van der Waals surface area (Å²) in [7, 11) is 0. The van der Waals surface area contributed by atoms with Crippen molar-refractivity contribution in [3.63, 3.8) is 0 Å². The third kappa shape index (κ3) is 3.21. The molecule has 2 fully saturated rings. The van der Waals surface area contributed by atoms with E-state index in [0.29, 0.717) is 6.42 Å². The van der Waals surface area contributed by atoms with Gasteiger partial charge in [0.15, 0.2) is 0 Å². The van der Waals surface area contributed by atoms with E-state index in [2.05, 4.69) is 12.2 Å². The van der Waals surface area contributed by atoms with Crippen LogP contribution in [-0.4, -0.2) is 25.7 Å². The van der Waals surface area contributed by atoms with Crippen molar-refractivity contribution >= 4 is 5.91 Å². The van der Waals surface area contributed by atoms with E-state index in [1.807, 2.05) is 0 Å². The Hall–Kier alpha value is -0.570. The minimum Gasteiger partial charge on any atom is -0.380 e. The van der Waals surface area contributed by atoms with Gasteiger partial charge in [0.05, 0.1) is 13.2 Å². The summed E-state index contributed by atoms with van der Waals surface area (Å²) in [5.41, 5.74) is 0.197. The first-order valence-electron chi connectivity index (χ1n) is 6.52. The third-order valence-corrected chi connectivity index (χ3v) is 3.87. The zero-order chi connectivity index (χ0) is 11.4. The molecule has 0 atom stereocenters. The van der Waals surface area contributed by atoms with Crippen molar-refractivity contribution in [3.05, 3.63) is 0 Å². The monoisotopic (exact) mass is 225 g/mol. The zero-order valence-corrected chi connectivity index (χ0v) is 10.3. The molecule has 92 valence electrons. The second kappa shape index (κ2) is 5.17. The van der Waals surface area contributed by atoms with E-state index in [0.717, 1.165) is 32.1 Å². The first-order chi connectivity index (χ1) is 7.68. The minimum atomic E-state index is 0.197. The van der Waals surface area contributed by atoms with Crippen molar-refractivity contribution in [1.29, 1.82) is 0 Å². The summed E-state index contributed by atoms with van der Waals surface area (Å²) >= 11 is 0. The van der Waals surface area contributed by atoms with Crippen LogP contribution in [0.1, 0.15) is 45.4 Å². The molecule has 0 aromatic carbocycles. The van der Waals surface area contributed by atoms with Crippen molar-refractivity contribution < 1.29 is 9.53 Å². The lowest BCUT2D eigenvalue weighted by atomic mass is 9.88. The summed E-state index contributed by atoms with van der Waals surface area (Å²) in [5.74, 6) is 1.04. The fourth-order valence-electron chi connectivity index (χ4n) is 2.59. The Balaban J connectivity index is 1.57. The number of hydrogen-bond acceptors (Lipinski definition) is 2. The Morgan fingerprint density at radius 2 is 2.06 bits per heavy atom. The quantitative estimate of drug-likeness (QED) is 0.778. The van der Waals surface area contributed by atoms with E-state index in [1.165, 1.54) is 25.7 Å². The predicted octanol–water partition coefficient (Wildman–Crippen LogP) is 2.11. The number of ether oxygens (including phenoxy) is 1. The average molecular weight is 225 g/mol. The lowest BCUT2D eigenvalue weighted by molar-refractivity contribution is -0.127. The van der Waals surface area contributed by atoms with Gasteiger partial charge in [-0.2, -0.15) is 0 Å². The van der Waals surface area contributed by atoms with Crippen LogP contribution in [0.3, 0.4) is 0 Å². The van der Waals surface area contributed by atoms with E-state index < -0.39 is 0 Å². The molecule has 1 heterocycles. The van der Waals surface area contributed by atoms with Gasteiger partial charge in [0, 0.05) is 18.4 Å². The van der Waals surface area contributed by atoms with Gasteiger partial charge < -0.3 is 10.1 Å². The number of amides is 1. The van der Waals surface area contributed by atoms with Gasteiger partial charge in [-0.25, -0.2) is 0 Å². The molecule has 1 saturated carbocycles. The Morgan fingerprint density at radius 3 is 2.62 bits per heavy atom. The van der Waals surface area contributed by atoms with E-state index in [4.69, 9.17) is 4.74 Å². The molecular weight excluding hydrogens is 202 g/mol. The average Bonchev–Trinajstić information content (AvgIpc) is 2.73. The van der Waals surface area contributed by atoms with Crippen molar-refractivity contribution in [2.45, 2.75) is 45.4 Å². The van der Waals surface area contributed by atoms with Gasteiger partial charge in [-0.15, -0.1) is 0 Å². The van der Waals surface area contributed by atoms with E-state index >= 15 is 0 Å². The van der Waals surface area contributed by atoms with Gasteiger partial charge in [0.2, 0.25) is 5.91 Å². The molecule has 0 spiro atoms. The fraction of sp³-hybridized carbons (Fsp3) is 0.923. The van der Waals surface area contributed by atoms with Gasteiger partial charge in [-0.1, -0.05) is 32.6 Å². The summed E-state index contributed by atoms with van der Waals surface area (Å²) in [5, 5.41) is 3.03. The van der Waals surface area contributed by atoms with Crippen molar-refractivity contribution in [2.24, 2.45) is 11.3 Å². The lowest BCUT2D eigenvalue weighted by Gasteiger charge is -2.38. The van der Waals surface area contributed by atoms with Crippen molar-refractivity contribution in [3.8, 4) is 0 Å². The molecule has 16 heavy (non-hydrogen) atoms. The molecule has 0 unspecified atom stereocenters. The maximum absolute atomic E-state index is 11.6. The van der Waals surface area contributed by atoms with Gasteiger partial charge >= 0.3 is 0 Å². The second-order valence-electron chi connectivity index (χ2n) is 5.77. The highest BCUT2D eigenvalue weighted by Gasteiger charge is 2.33. The Morgan fingerprint density at radius 1 is 1.38 bits per heavy atom. The SMILES string of the molecule is CC1(CNC(=O)CCC2CCCC2)COC1. The Labute approximate surface area is 97.9 Å². The van der Waals surface area contributed by atoms with Crippen LogP contribution in [0.2, 0.25) is 0 Å². The van der Waals surface area contributed by atoms with Gasteiger partial charge in [0.25, 0.3) is 0 Å². The maximum atomic E-state index is 11.6. The van der Waals surface area contributed by atoms with Crippen LogP contribution in [0.4, 0.5) is 0 Å². The molecule has 3 heteroatoms. The first kappa shape index (κ1) is 11.9. The standard InChI is InChI=1S/C13H23NO2/c1-13(9-16-10-13)8-14-12(15)7-6-11-4-2-3-5-11/h11H,2-10H2,1H3,(H,14,15). The highest BCUT2D eigenvalue weighted by atomic mass is 16.5. The Kier molecular flexibility index (Phi) is 3.85. The van der Waals surface area contributed by atoms with Gasteiger partial charge in [-0.05, 0) is 12.3 Å². The second-order valence-corrected chi connectivity index (χ2v) is 5.77. The molecule has 1 N–H and O–H groups in total. The third-order valence-electron chi connectivity index (χ3n) is 3.87. The summed E-state index contributed by atoms with van der Waals surface area (Å²) in [6.07, 6.45) is 7.18. The number of hydrogen-bond donors (Lipinski definition) is 1. The summed E-state index contributed by atoms with van der Waals surface area (Å²) < 4.78 is 5.16. The maximum Gasteiger partial charge on any atom is 0.220 e. The van der Waals surface area contributed by atoms with Crippen LogP contribution < -0.4 is 5.32 Å². The van der Waals surface area contributed by atoms with Gasteiger partial charge in [-0.3, -0.25) is 4.79 Å².